The van der Waals surface area contributed by atoms with E-state index >= 15 is 0 Å². The molecule has 1 N–H and O–H groups in total. The van der Waals surface area contributed by atoms with Gasteiger partial charge in [-0.2, -0.15) is 10.2 Å². The van der Waals surface area contributed by atoms with E-state index in [2.05, 4.69) is 86.9 Å². The molecule has 27 heavy (non-hydrogen) atoms. The van der Waals surface area contributed by atoms with Crippen molar-refractivity contribution < 1.29 is 0 Å². The van der Waals surface area contributed by atoms with Crippen molar-refractivity contribution in [1.29, 1.82) is 0 Å². The minimum Gasteiger partial charge on any atom is -0.306 e. The molecule has 144 valence electrons. The fourth-order valence-electron chi connectivity index (χ4n) is 3.85. The number of benzene rings is 1. The molecule has 3 aromatic rings. The average molecular weight is 430 g/mol. The topological polar surface area (TPSA) is 47.7 Å². The van der Waals surface area contributed by atoms with E-state index < -0.39 is 0 Å². The summed E-state index contributed by atoms with van der Waals surface area (Å²) < 4.78 is 5.33. The molecule has 0 amide bonds. The number of nitrogens with zero attached hydrogens (tertiary/aromatic N) is 4. The monoisotopic (exact) mass is 429 g/mol. The predicted molar refractivity (Wildman–Crippen MR) is 113 cm³/mol. The summed E-state index contributed by atoms with van der Waals surface area (Å²) in [6, 6.07) is 8.91. The average Bonchev–Trinajstić information content (AvgIpc) is 3.23. The lowest BCUT2D eigenvalue weighted by Gasteiger charge is -2.25. The van der Waals surface area contributed by atoms with Crippen LogP contribution in [0, 0.1) is 5.92 Å². The van der Waals surface area contributed by atoms with Crippen molar-refractivity contribution in [3.05, 3.63) is 46.8 Å². The minimum absolute atomic E-state index is 0.0992. The van der Waals surface area contributed by atoms with Crippen molar-refractivity contribution in [2.75, 3.05) is 0 Å². The lowest BCUT2D eigenvalue weighted by Crippen LogP contribution is -2.41. The van der Waals surface area contributed by atoms with E-state index in [4.69, 9.17) is 5.10 Å². The second-order valence-corrected chi connectivity index (χ2v) is 9.09. The van der Waals surface area contributed by atoms with Gasteiger partial charge in [0.15, 0.2) is 0 Å². The van der Waals surface area contributed by atoms with Gasteiger partial charge in [-0.15, -0.1) is 0 Å². The van der Waals surface area contributed by atoms with Gasteiger partial charge < -0.3 is 5.32 Å². The number of hydrogen-bond donors (Lipinski definition) is 1. The first-order valence-electron chi connectivity index (χ1n) is 9.88. The third-order valence-electron chi connectivity index (χ3n) is 5.80. The Morgan fingerprint density at radius 2 is 2.00 bits per heavy atom. The minimum atomic E-state index is 0.0992. The first kappa shape index (κ1) is 18.7. The Morgan fingerprint density at radius 1 is 1.22 bits per heavy atom. The van der Waals surface area contributed by atoms with Crippen LogP contribution in [0.2, 0.25) is 0 Å². The van der Waals surface area contributed by atoms with Crippen LogP contribution < -0.4 is 5.32 Å². The molecular formula is C21H28BrN5. The molecule has 0 radical (unpaired) electrons. The molecular weight excluding hydrogens is 402 g/mol. The van der Waals surface area contributed by atoms with E-state index in [9.17, 15) is 0 Å². The van der Waals surface area contributed by atoms with E-state index in [1.54, 1.807) is 0 Å². The highest BCUT2D eigenvalue weighted by Crippen LogP contribution is 2.46. The molecule has 5 nitrogen and oxygen atoms in total. The summed E-state index contributed by atoms with van der Waals surface area (Å²) in [6.45, 7) is 8.54. The van der Waals surface area contributed by atoms with Crippen LogP contribution in [0.4, 0.5) is 0 Å². The summed E-state index contributed by atoms with van der Waals surface area (Å²) in [6.07, 6.45) is 7.43. The Kier molecular flexibility index (Phi) is 5.12. The maximum Gasteiger partial charge on any atom is 0.0841 e. The summed E-state index contributed by atoms with van der Waals surface area (Å²) in [7, 11) is 0. The third-order valence-corrected chi connectivity index (χ3v) is 6.21. The Balaban J connectivity index is 1.50. The number of rotatable bonds is 8. The molecule has 0 saturated heterocycles. The molecule has 4 rings (SSSR count). The second kappa shape index (κ2) is 7.40. The van der Waals surface area contributed by atoms with Crippen LogP contribution in [0.5, 0.6) is 0 Å². The molecule has 0 spiro atoms. The molecule has 1 fully saturated rings. The molecule has 2 aromatic heterocycles. The van der Waals surface area contributed by atoms with Crippen molar-refractivity contribution in [2.24, 2.45) is 5.92 Å². The molecule has 1 atom stereocenters. The van der Waals surface area contributed by atoms with Gasteiger partial charge in [0.25, 0.3) is 0 Å². The Hall–Kier alpha value is -1.66. The van der Waals surface area contributed by atoms with Gasteiger partial charge in [0.2, 0.25) is 0 Å². The van der Waals surface area contributed by atoms with Gasteiger partial charge in [-0.3, -0.25) is 9.36 Å². The zero-order valence-corrected chi connectivity index (χ0v) is 17.9. The quantitative estimate of drug-likeness (QED) is 0.563. The molecule has 1 unspecified atom stereocenters. The summed E-state index contributed by atoms with van der Waals surface area (Å²) >= 11 is 3.52. The van der Waals surface area contributed by atoms with E-state index in [1.807, 2.05) is 6.20 Å². The Labute approximate surface area is 169 Å². The van der Waals surface area contributed by atoms with Gasteiger partial charge in [0.1, 0.15) is 0 Å². The van der Waals surface area contributed by atoms with Gasteiger partial charge in [0.05, 0.1) is 27.4 Å². The van der Waals surface area contributed by atoms with Crippen molar-refractivity contribution >= 4 is 26.8 Å². The van der Waals surface area contributed by atoms with Gasteiger partial charge >= 0.3 is 0 Å². The van der Waals surface area contributed by atoms with Crippen LogP contribution in [0.1, 0.15) is 45.7 Å². The largest absolute Gasteiger partial charge is 0.306 e. The van der Waals surface area contributed by atoms with Crippen LogP contribution >= 0.6 is 15.9 Å². The van der Waals surface area contributed by atoms with E-state index in [0.29, 0.717) is 12.0 Å². The second-order valence-electron chi connectivity index (χ2n) is 8.18. The summed E-state index contributed by atoms with van der Waals surface area (Å²) in [5.74, 6) is 0.678. The Morgan fingerprint density at radius 3 is 2.67 bits per heavy atom. The summed E-state index contributed by atoms with van der Waals surface area (Å²) in [5.41, 5.74) is 2.47. The van der Waals surface area contributed by atoms with Crippen LogP contribution in [0.25, 0.3) is 10.9 Å². The van der Waals surface area contributed by atoms with Gasteiger partial charge in [-0.1, -0.05) is 32.0 Å². The van der Waals surface area contributed by atoms with E-state index in [0.717, 1.165) is 29.7 Å². The number of aromatic nitrogens is 4. The van der Waals surface area contributed by atoms with Crippen molar-refractivity contribution in [2.45, 2.75) is 64.7 Å². The smallest absolute Gasteiger partial charge is 0.0841 e. The predicted octanol–water partition coefficient (Wildman–Crippen LogP) is 4.71. The summed E-state index contributed by atoms with van der Waals surface area (Å²) in [5, 5.41) is 14.5. The van der Waals surface area contributed by atoms with E-state index in [1.165, 1.54) is 23.7 Å². The standard InChI is InChI=1S/C21H28BrN5/c1-15(2)8-11-26-20-7-5-4-6-18(20)19(25-26)13-23-16(3)21(9-10-21)27-14-17(22)12-24-27/h4-7,12,14-16,23H,8-11,13H2,1-3H3. The van der Waals surface area contributed by atoms with Gasteiger partial charge in [0, 0.05) is 30.7 Å². The molecule has 1 aromatic carbocycles. The molecule has 0 aliphatic heterocycles. The lowest BCUT2D eigenvalue weighted by molar-refractivity contribution is 0.316. The third kappa shape index (κ3) is 3.69. The van der Waals surface area contributed by atoms with E-state index in [-0.39, 0.29) is 5.54 Å². The fourth-order valence-corrected chi connectivity index (χ4v) is 4.14. The molecule has 1 aliphatic carbocycles. The lowest BCUT2D eigenvalue weighted by atomic mass is 10.1. The highest BCUT2D eigenvalue weighted by atomic mass is 79.9. The summed E-state index contributed by atoms with van der Waals surface area (Å²) in [4.78, 5) is 0. The highest BCUT2D eigenvalue weighted by molar-refractivity contribution is 9.10. The van der Waals surface area contributed by atoms with Crippen molar-refractivity contribution in [3.63, 3.8) is 0 Å². The van der Waals surface area contributed by atoms with Gasteiger partial charge in [-0.25, -0.2) is 0 Å². The number of halogens is 1. The first-order valence-corrected chi connectivity index (χ1v) is 10.7. The normalized spacial score (nSPS) is 16.9. The first-order chi connectivity index (χ1) is 13.0. The molecule has 0 bridgehead atoms. The number of aryl methyl sites for hydroxylation is 1. The number of para-hydroxylation sites is 1. The van der Waals surface area contributed by atoms with Gasteiger partial charge in [-0.05, 0) is 54.1 Å². The number of hydrogen-bond acceptors (Lipinski definition) is 3. The maximum absolute atomic E-state index is 4.94. The SMILES string of the molecule is CC(C)CCn1nc(CNC(C)C2(n3cc(Br)cn3)CC2)c2ccccc21. The van der Waals surface area contributed by atoms with Crippen LogP contribution in [-0.2, 0) is 18.6 Å². The zero-order chi connectivity index (χ0) is 19.0. The fraction of sp³-hybridized carbons (Fsp3) is 0.524. The highest BCUT2D eigenvalue weighted by Gasteiger charge is 2.50. The molecule has 6 heteroatoms. The zero-order valence-electron chi connectivity index (χ0n) is 16.3. The number of nitrogens with one attached hydrogen (secondary N) is 1. The van der Waals surface area contributed by atoms with Crippen molar-refractivity contribution in [3.8, 4) is 0 Å². The molecule has 1 saturated carbocycles. The van der Waals surface area contributed by atoms with Crippen molar-refractivity contribution in [1.82, 2.24) is 24.9 Å². The van der Waals surface area contributed by atoms with Crippen LogP contribution in [0.15, 0.2) is 41.1 Å². The number of fused-ring (bicyclic) bond motifs is 1. The Bertz CT molecular complexity index is 922. The van der Waals surface area contributed by atoms with Crippen LogP contribution in [-0.4, -0.2) is 25.6 Å². The van der Waals surface area contributed by atoms with Crippen LogP contribution in [0.3, 0.4) is 0 Å². The molecule has 1 aliphatic rings. The maximum atomic E-state index is 4.94. The molecule has 2 heterocycles.